The van der Waals surface area contributed by atoms with Gasteiger partial charge in [-0.3, -0.25) is 19.7 Å². The van der Waals surface area contributed by atoms with Crippen molar-refractivity contribution in [3.8, 4) is 0 Å². The summed E-state index contributed by atoms with van der Waals surface area (Å²) in [6.07, 6.45) is -0.621. The van der Waals surface area contributed by atoms with Gasteiger partial charge < -0.3 is 20.4 Å². The number of benzene rings is 1. The first-order valence-corrected chi connectivity index (χ1v) is 8.77. The second-order valence-electron chi connectivity index (χ2n) is 5.24. The van der Waals surface area contributed by atoms with Crippen LogP contribution < -0.4 is 10.6 Å². The van der Waals surface area contributed by atoms with Crippen LogP contribution >= 0.6 is 31.9 Å². The van der Waals surface area contributed by atoms with Gasteiger partial charge in [0.1, 0.15) is 12.1 Å². The number of aliphatic carboxylic acids is 1. The predicted octanol–water partition coefficient (Wildman–Crippen LogP) is 3.08. The quantitative estimate of drug-likeness (QED) is 0.354. The molecule has 0 aliphatic heterocycles. The number of aromatic nitrogens is 3. The molecule has 11 heteroatoms. The number of fused-ring (bicyclic) bond motifs is 1. The number of H-pyrrole nitrogens is 2. The average molecular weight is 485 g/mol. The van der Waals surface area contributed by atoms with Crippen LogP contribution in [-0.4, -0.2) is 37.8 Å². The van der Waals surface area contributed by atoms with E-state index in [9.17, 15) is 14.4 Å². The van der Waals surface area contributed by atoms with Crippen LogP contribution in [0.5, 0.6) is 0 Å². The van der Waals surface area contributed by atoms with Gasteiger partial charge in [0.25, 0.3) is 5.91 Å². The van der Waals surface area contributed by atoms with Crippen LogP contribution in [0.15, 0.2) is 33.3 Å². The standard InChI is InChI=1S/C15H11Br2N5O4/c16-7-4-10(19-13(7)17)14(26)22-15-20-8-2-1-6(3-9(8)21-15)18-11(23)5-12(24)25/h1-4,19H,5H2,(H,18,23)(H,24,25)(H2,20,21,22,26). The van der Waals surface area contributed by atoms with E-state index in [0.717, 1.165) is 0 Å². The highest BCUT2D eigenvalue weighted by atomic mass is 79.9. The van der Waals surface area contributed by atoms with E-state index < -0.39 is 18.3 Å². The second-order valence-corrected chi connectivity index (χ2v) is 6.88. The van der Waals surface area contributed by atoms with Gasteiger partial charge in [-0.25, -0.2) is 4.98 Å². The summed E-state index contributed by atoms with van der Waals surface area (Å²) in [5, 5.41) is 13.7. The third kappa shape index (κ3) is 4.11. The summed E-state index contributed by atoms with van der Waals surface area (Å²) in [6.45, 7) is 0. The minimum Gasteiger partial charge on any atom is -0.481 e. The number of amides is 2. The maximum atomic E-state index is 12.2. The molecule has 1 aromatic carbocycles. The Morgan fingerprint density at radius 1 is 1.12 bits per heavy atom. The van der Waals surface area contributed by atoms with Gasteiger partial charge in [0.2, 0.25) is 11.9 Å². The number of carbonyl (C=O) groups excluding carboxylic acids is 2. The van der Waals surface area contributed by atoms with Crippen molar-refractivity contribution >= 4 is 72.3 Å². The summed E-state index contributed by atoms with van der Waals surface area (Å²) in [6, 6.07) is 6.45. The van der Waals surface area contributed by atoms with Crippen molar-refractivity contribution in [1.29, 1.82) is 0 Å². The number of anilines is 2. The highest BCUT2D eigenvalue weighted by Crippen LogP contribution is 2.24. The number of hydrogen-bond acceptors (Lipinski definition) is 4. The lowest BCUT2D eigenvalue weighted by Gasteiger charge is -2.02. The number of nitrogens with zero attached hydrogens (tertiary/aromatic N) is 1. The van der Waals surface area contributed by atoms with Crippen molar-refractivity contribution in [2.24, 2.45) is 0 Å². The van der Waals surface area contributed by atoms with Gasteiger partial charge in [0.15, 0.2) is 0 Å². The fraction of sp³-hybridized carbons (Fsp3) is 0.0667. The number of rotatable bonds is 5. The third-order valence-corrected chi connectivity index (χ3v) is 5.06. The molecule has 0 aliphatic rings. The van der Waals surface area contributed by atoms with E-state index in [2.05, 4.69) is 57.4 Å². The first-order chi connectivity index (χ1) is 12.3. The molecule has 0 fully saturated rings. The third-order valence-electron chi connectivity index (χ3n) is 3.28. The minimum atomic E-state index is -1.21. The fourth-order valence-corrected chi connectivity index (χ4v) is 2.85. The van der Waals surface area contributed by atoms with Crippen LogP contribution in [0.3, 0.4) is 0 Å². The lowest BCUT2D eigenvalue weighted by molar-refractivity contribution is -0.139. The first kappa shape index (κ1) is 18.1. The summed E-state index contributed by atoms with van der Waals surface area (Å²) in [7, 11) is 0. The summed E-state index contributed by atoms with van der Waals surface area (Å²) >= 11 is 6.55. The van der Waals surface area contributed by atoms with Crippen LogP contribution in [0, 0.1) is 0 Å². The molecule has 26 heavy (non-hydrogen) atoms. The molecule has 2 heterocycles. The van der Waals surface area contributed by atoms with Crippen molar-refractivity contribution < 1.29 is 19.5 Å². The lowest BCUT2D eigenvalue weighted by atomic mass is 10.2. The molecule has 0 atom stereocenters. The highest BCUT2D eigenvalue weighted by molar-refractivity contribution is 9.13. The zero-order valence-electron chi connectivity index (χ0n) is 12.9. The van der Waals surface area contributed by atoms with Gasteiger partial charge in [-0.2, -0.15) is 0 Å². The topological polar surface area (TPSA) is 140 Å². The van der Waals surface area contributed by atoms with E-state index in [1.165, 1.54) is 0 Å². The van der Waals surface area contributed by atoms with E-state index >= 15 is 0 Å². The molecule has 2 aromatic heterocycles. The smallest absolute Gasteiger partial charge is 0.312 e. The van der Waals surface area contributed by atoms with E-state index in [1.54, 1.807) is 24.3 Å². The van der Waals surface area contributed by atoms with Gasteiger partial charge in [0.05, 0.1) is 20.1 Å². The number of carboxylic acids is 1. The monoisotopic (exact) mass is 483 g/mol. The lowest BCUT2D eigenvalue weighted by Crippen LogP contribution is -2.15. The Kier molecular flexibility index (Phi) is 5.09. The van der Waals surface area contributed by atoms with Crippen molar-refractivity contribution in [2.75, 3.05) is 10.6 Å². The van der Waals surface area contributed by atoms with E-state index in [0.29, 0.717) is 31.5 Å². The molecule has 9 nitrogen and oxygen atoms in total. The molecular weight excluding hydrogens is 474 g/mol. The molecule has 3 aromatic rings. The van der Waals surface area contributed by atoms with Crippen LogP contribution in [0.4, 0.5) is 11.6 Å². The summed E-state index contributed by atoms with van der Waals surface area (Å²) in [5.74, 6) is -1.99. The summed E-state index contributed by atoms with van der Waals surface area (Å²) < 4.78 is 1.36. The Morgan fingerprint density at radius 3 is 2.54 bits per heavy atom. The number of halogens is 2. The number of carbonyl (C=O) groups is 3. The van der Waals surface area contributed by atoms with Crippen molar-refractivity contribution in [1.82, 2.24) is 15.0 Å². The predicted molar refractivity (Wildman–Crippen MR) is 101 cm³/mol. The Hall–Kier alpha value is -2.66. The second kappa shape index (κ2) is 7.30. The Labute approximate surface area is 162 Å². The fourth-order valence-electron chi connectivity index (χ4n) is 2.19. The zero-order chi connectivity index (χ0) is 18.8. The van der Waals surface area contributed by atoms with Gasteiger partial charge in [-0.15, -0.1) is 0 Å². The largest absolute Gasteiger partial charge is 0.481 e. The average Bonchev–Trinajstić information content (AvgIpc) is 3.09. The van der Waals surface area contributed by atoms with Crippen molar-refractivity contribution in [3.63, 3.8) is 0 Å². The molecule has 0 saturated heterocycles. The SMILES string of the molecule is O=C(O)CC(=O)Nc1ccc2nc(NC(=O)c3cc(Br)c(Br)[nH]3)[nH]c2c1. The maximum absolute atomic E-state index is 12.2. The first-order valence-electron chi connectivity index (χ1n) is 7.18. The molecule has 134 valence electrons. The maximum Gasteiger partial charge on any atom is 0.312 e. The number of imidazole rings is 1. The molecule has 0 radical (unpaired) electrons. The molecule has 0 aliphatic carbocycles. The number of aromatic amines is 2. The molecule has 2 amide bonds. The van der Waals surface area contributed by atoms with Crippen LogP contribution in [-0.2, 0) is 9.59 Å². The zero-order valence-corrected chi connectivity index (χ0v) is 16.1. The van der Waals surface area contributed by atoms with Crippen LogP contribution in [0.1, 0.15) is 16.9 Å². The minimum absolute atomic E-state index is 0.237. The van der Waals surface area contributed by atoms with Crippen LogP contribution in [0.2, 0.25) is 0 Å². The number of hydrogen-bond donors (Lipinski definition) is 5. The summed E-state index contributed by atoms with van der Waals surface area (Å²) in [4.78, 5) is 44.3. The molecule has 3 rings (SSSR count). The van der Waals surface area contributed by atoms with Gasteiger partial charge in [0, 0.05) is 5.69 Å². The van der Waals surface area contributed by atoms with Crippen molar-refractivity contribution in [2.45, 2.75) is 6.42 Å². The van der Waals surface area contributed by atoms with Crippen molar-refractivity contribution in [3.05, 3.63) is 39.0 Å². The molecule has 5 N–H and O–H groups in total. The number of carboxylic acid groups (broad SMARTS) is 1. The molecule has 0 unspecified atom stereocenters. The normalized spacial score (nSPS) is 10.7. The Morgan fingerprint density at radius 2 is 1.88 bits per heavy atom. The van der Waals surface area contributed by atoms with E-state index in [4.69, 9.17) is 5.11 Å². The molecular formula is C15H11Br2N5O4. The van der Waals surface area contributed by atoms with E-state index in [1.807, 2.05) is 0 Å². The Balaban J connectivity index is 1.75. The Bertz CT molecular complexity index is 1010. The van der Waals surface area contributed by atoms with Gasteiger partial charge in [-0.05, 0) is 56.1 Å². The number of nitrogens with one attached hydrogen (secondary N) is 4. The van der Waals surface area contributed by atoms with E-state index in [-0.39, 0.29) is 11.9 Å². The van der Waals surface area contributed by atoms with Crippen LogP contribution in [0.25, 0.3) is 11.0 Å². The molecule has 0 bridgehead atoms. The molecule has 0 spiro atoms. The molecule has 0 saturated carbocycles. The van der Waals surface area contributed by atoms with Gasteiger partial charge >= 0.3 is 5.97 Å². The summed E-state index contributed by atoms with van der Waals surface area (Å²) in [5.41, 5.74) is 1.90. The van der Waals surface area contributed by atoms with Gasteiger partial charge in [-0.1, -0.05) is 0 Å². The highest BCUT2D eigenvalue weighted by Gasteiger charge is 2.14.